The van der Waals surface area contributed by atoms with Crippen molar-refractivity contribution in [2.75, 3.05) is 0 Å². The van der Waals surface area contributed by atoms with Crippen LogP contribution in [0, 0.1) is 5.82 Å². The second-order valence-corrected chi connectivity index (χ2v) is 4.52. The molecule has 0 aliphatic heterocycles. The first-order chi connectivity index (χ1) is 9.04. The summed E-state index contributed by atoms with van der Waals surface area (Å²) in [7, 11) is 0. The third-order valence-corrected chi connectivity index (χ3v) is 2.88. The molecule has 0 radical (unpaired) electrons. The maximum Gasteiger partial charge on any atom is 0.388 e. The van der Waals surface area contributed by atoms with Crippen molar-refractivity contribution in [3.8, 4) is 5.88 Å². The lowest BCUT2D eigenvalue weighted by Gasteiger charge is -2.04. The van der Waals surface area contributed by atoms with Gasteiger partial charge in [-0.3, -0.25) is 0 Å². The lowest BCUT2D eigenvalue weighted by Crippen LogP contribution is -2.05. The molecule has 0 bridgehead atoms. The number of alkyl halides is 2. The van der Waals surface area contributed by atoms with Crippen LogP contribution in [0.1, 0.15) is 11.3 Å². The molecule has 0 aliphatic carbocycles. The molecule has 0 saturated carbocycles. The van der Waals surface area contributed by atoms with Crippen molar-refractivity contribution in [3.05, 3.63) is 51.9 Å². The van der Waals surface area contributed by atoms with E-state index in [4.69, 9.17) is 0 Å². The molecular formula is C12H8BrF3N2O. The van der Waals surface area contributed by atoms with Gasteiger partial charge in [-0.15, -0.1) is 5.10 Å². The smallest absolute Gasteiger partial charge is 0.388 e. The van der Waals surface area contributed by atoms with Crippen LogP contribution in [0.15, 0.2) is 34.8 Å². The average Bonchev–Trinajstić information content (AvgIpc) is 2.36. The monoisotopic (exact) mass is 332 g/mol. The molecule has 1 aromatic heterocycles. The lowest BCUT2D eigenvalue weighted by atomic mass is 10.1. The Hall–Kier alpha value is -1.63. The molecule has 7 heteroatoms. The minimum absolute atomic E-state index is 0.237. The van der Waals surface area contributed by atoms with Crippen LogP contribution in [0.3, 0.4) is 0 Å². The lowest BCUT2D eigenvalue weighted by molar-refractivity contribution is -0.0534. The summed E-state index contributed by atoms with van der Waals surface area (Å²) in [5.41, 5.74) is 1.39. The molecule has 2 rings (SSSR count). The topological polar surface area (TPSA) is 35.0 Å². The number of hydrogen-bond donors (Lipinski definition) is 0. The molecule has 0 saturated heterocycles. The zero-order valence-electron chi connectivity index (χ0n) is 9.49. The normalized spacial score (nSPS) is 10.8. The Bertz CT molecular complexity index is 563. The van der Waals surface area contributed by atoms with Crippen LogP contribution in [-0.4, -0.2) is 16.8 Å². The predicted molar refractivity (Wildman–Crippen MR) is 65.6 cm³/mol. The number of halogens is 4. The van der Waals surface area contributed by atoms with Gasteiger partial charge < -0.3 is 4.74 Å². The summed E-state index contributed by atoms with van der Waals surface area (Å²) in [6.07, 6.45) is 0.417. The first-order valence-electron chi connectivity index (χ1n) is 5.26. The van der Waals surface area contributed by atoms with E-state index >= 15 is 0 Å². The van der Waals surface area contributed by atoms with Crippen molar-refractivity contribution in [1.29, 1.82) is 0 Å². The minimum Gasteiger partial charge on any atom is -0.415 e. The van der Waals surface area contributed by atoms with E-state index in [1.54, 1.807) is 12.1 Å². The summed E-state index contributed by atoms with van der Waals surface area (Å²) in [5, 5.41) is 7.28. The average molecular weight is 333 g/mol. The van der Waals surface area contributed by atoms with Crippen LogP contribution in [0.4, 0.5) is 13.2 Å². The number of aromatic nitrogens is 2. The van der Waals surface area contributed by atoms with Crippen molar-refractivity contribution < 1.29 is 17.9 Å². The van der Waals surface area contributed by atoms with Crippen molar-refractivity contribution in [2.24, 2.45) is 0 Å². The van der Waals surface area contributed by atoms with Crippen molar-refractivity contribution >= 4 is 15.9 Å². The van der Waals surface area contributed by atoms with Gasteiger partial charge in [0, 0.05) is 12.5 Å². The maximum absolute atomic E-state index is 13.0. The number of hydrogen-bond acceptors (Lipinski definition) is 3. The highest BCUT2D eigenvalue weighted by molar-refractivity contribution is 9.10. The summed E-state index contributed by atoms with van der Waals surface area (Å²) in [4.78, 5) is 0. The van der Waals surface area contributed by atoms with Gasteiger partial charge in [-0.05, 0) is 39.7 Å². The molecule has 0 unspecified atom stereocenters. The Balaban J connectivity index is 2.08. The Morgan fingerprint density at radius 2 is 1.95 bits per heavy atom. The van der Waals surface area contributed by atoms with Gasteiger partial charge in [0.25, 0.3) is 0 Å². The summed E-state index contributed by atoms with van der Waals surface area (Å²) >= 11 is 3.08. The van der Waals surface area contributed by atoms with E-state index in [0.29, 0.717) is 16.6 Å². The molecule has 100 valence electrons. The fourth-order valence-electron chi connectivity index (χ4n) is 1.45. The van der Waals surface area contributed by atoms with Gasteiger partial charge in [-0.1, -0.05) is 6.07 Å². The molecule has 0 amide bonds. The highest BCUT2D eigenvalue weighted by atomic mass is 79.9. The summed E-state index contributed by atoms with van der Waals surface area (Å²) < 4.78 is 41.3. The first kappa shape index (κ1) is 13.8. The van der Waals surface area contributed by atoms with Gasteiger partial charge in [0.1, 0.15) is 5.82 Å². The van der Waals surface area contributed by atoms with Gasteiger partial charge in [-0.25, -0.2) is 4.39 Å². The van der Waals surface area contributed by atoms with Gasteiger partial charge in [0.15, 0.2) is 0 Å². The fraction of sp³-hybridized carbons (Fsp3) is 0.167. The third-order valence-electron chi connectivity index (χ3n) is 2.27. The largest absolute Gasteiger partial charge is 0.415 e. The maximum atomic E-state index is 13.0. The van der Waals surface area contributed by atoms with E-state index < -0.39 is 6.61 Å². The van der Waals surface area contributed by atoms with Crippen molar-refractivity contribution in [1.82, 2.24) is 10.2 Å². The van der Waals surface area contributed by atoms with Crippen LogP contribution in [0.25, 0.3) is 0 Å². The van der Waals surface area contributed by atoms with Crippen LogP contribution in [-0.2, 0) is 6.42 Å². The molecule has 0 N–H and O–H groups in total. The highest BCUT2D eigenvalue weighted by Crippen LogP contribution is 2.19. The van der Waals surface area contributed by atoms with Crippen LogP contribution in [0.2, 0.25) is 0 Å². The number of rotatable bonds is 4. The second-order valence-electron chi connectivity index (χ2n) is 3.67. The van der Waals surface area contributed by atoms with E-state index in [1.807, 2.05) is 0 Å². The molecular weight excluding hydrogens is 325 g/mol. The minimum atomic E-state index is -2.92. The van der Waals surface area contributed by atoms with Gasteiger partial charge in [0.05, 0.1) is 10.2 Å². The molecule has 19 heavy (non-hydrogen) atoms. The van der Waals surface area contributed by atoms with Crippen molar-refractivity contribution in [2.45, 2.75) is 13.0 Å². The molecule has 1 heterocycles. The van der Waals surface area contributed by atoms with Crippen LogP contribution in [0.5, 0.6) is 5.88 Å². The van der Waals surface area contributed by atoms with E-state index in [1.165, 1.54) is 18.2 Å². The number of nitrogens with zero attached hydrogens (tertiary/aromatic N) is 2. The number of benzene rings is 1. The summed E-state index contributed by atoms with van der Waals surface area (Å²) in [5.74, 6) is -0.588. The van der Waals surface area contributed by atoms with Crippen molar-refractivity contribution in [3.63, 3.8) is 0 Å². The van der Waals surface area contributed by atoms with Crippen LogP contribution < -0.4 is 4.74 Å². The molecule has 0 atom stereocenters. The predicted octanol–water partition coefficient (Wildman–Crippen LogP) is 3.57. The Morgan fingerprint density at radius 3 is 2.53 bits per heavy atom. The first-order valence-corrected chi connectivity index (χ1v) is 6.05. The van der Waals surface area contributed by atoms with Crippen LogP contribution >= 0.6 is 15.9 Å². The molecule has 2 aromatic rings. The summed E-state index contributed by atoms with van der Waals surface area (Å²) in [6.45, 7) is -2.92. The number of ether oxygens (including phenoxy) is 1. The summed E-state index contributed by atoms with van der Waals surface area (Å²) in [6, 6.07) is 7.42. The zero-order chi connectivity index (χ0) is 13.8. The van der Waals surface area contributed by atoms with E-state index in [9.17, 15) is 13.2 Å². The SMILES string of the molecule is Fc1ccc(Cc2ccc(OC(F)F)nn2)cc1Br. The van der Waals surface area contributed by atoms with E-state index in [2.05, 4.69) is 30.9 Å². The Labute approximate surface area is 115 Å². The molecule has 0 fully saturated rings. The molecule has 3 nitrogen and oxygen atoms in total. The highest BCUT2D eigenvalue weighted by Gasteiger charge is 2.07. The van der Waals surface area contributed by atoms with Gasteiger partial charge in [0.2, 0.25) is 5.88 Å². The molecule has 0 spiro atoms. The quantitative estimate of drug-likeness (QED) is 0.858. The third kappa shape index (κ3) is 3.92. The van der Waals surface area contributed by atoms with Gasteiger partial charge >= 0.3 is 6.61 Å². The second kappa shape index (κ2) is 6.01. The van der Waals surface area contributed by atoms with Gasteiger partial charge in [-0.2, -0.15) is 13.9 Å². The van der Waals surface area contributed by atoms with E-state index in [-0.39, 0.29) is 11.7 Å². The Kier molecular flexibility index (Phi) is 4.36. The standard InChI is InChI=1S/C12H8BrF3N2O/c13-9-6-7(1-3-10(9)14)5-8-2-4-11(18-17-8)19-12(15)16/h1-4,6,12H,5H2. The van der Waals surface area contributed by atoms with E-state index in [0.717, 1.165) is 5.56 Å². The molecule has 1 aromatic carbocycles. The molecule has 0 aliphatic rings. The fourth-order valence-corrected chi connectivity index (χ4v) is 1.88. The zero-order valence-corrected chi connectivity index (χ0v) is 11.1. The Morgan fingerprint density at radius 1 is 1.16 bits per heavy atom.